The van der Waals surface area contributed by atoms with E-state index in [2.05, 4.69) is 18.8 Å². The fourth-order valence-electron chi connectivity index (χ4n) is 1.67. The molecule has 0 aliphatic carbocycles. The zero-order chi connectivity index (χ0) is 11.5. The lowest BCUT2D eigenvalue weighted by molar-refractivity contribution is 0.109. The number of hydrogen-bond donors (Lipinski definition) is 0. The first-order valence-electron chi connectivity index (χ1n) is 5.25. The van der Waals surface area contributed by atoms with Crippen molar-refractivity contribution < 1.29 is 9.21 Å². The monoisotopic (exact) mass is 218 g/mol. The molecule has 2 rings (SSSR count). The summed E-state index contributed by atoms with van der Waals surface area (Å²) < 4.78 is 7.35. The van der Waals surface area contributed by atoms with E-state index in [0.29, 0.717) is 24.5 Å². The van der Waals surface area contributed by atoms with Crippen molar-refractivity contribution in [3.05, 3.63) is 41.9 Å². The summed E-state index contributed by atoms with van der Waals surface area (Å²) >= 11 is 0. The Balaban J connectivity index is 2.20. The maximum atomic E-state index is 10.5. The zero-order valence-corrected chi connectivity index (χ0v) is 9.38. The minimum Gasteiger partial charge on any atom is -0.456 e. The molecule has 0 N–H and O–H groups in total. The Kier molecular flexibility index (Phi) is 2.90. The van der Waals surface area contributed by atoms with Crippen LogP contribution in [0.4, 0.5) is 0 Å². The molecule has 0 saturated heterocycles. The average molecular weight is 218 g/mol. The van der Waals surface area contributed by atoms with Crippen LogP contribution in [0.5, 0.6) is 0 Å². The van der Waals surface area contributed by atoms with Crippen LogP contribution < -0.4 is 0 Å². The second-order valence-electron chi connectivity index (χ2n) is 3.99. The molecule has 4 heteroatoms. The van der Waals surface area contributed by atoms with Gasteiger partial charge in [-0.2, -0.15) is 0 Å². The predicted molar refractivity (Wildman–Crippen MR) is 59.5 cm³/mol. The van der Waals surface area contributed by atoms with Crippen LogP contribution in [0.3, 0.4) is 0 Å². The van der Waals surface area contributed by atoms with Gasteiger partial charge in [0, 0.05) is 18.3 Å². The Bertz CT molecular complexity index is 483. The van der Waals surface area contributed by atoms with Gasteiger partial charge < -0.3 is 8.98 Å². The van der Waals surface area contributed by atoms with Gasteiger partial charge in [-0.1, -0.05) is 13.8 Å². The van der Waals surface area contributed by atoms with Crippen LogP contribution in [0.2, 0.25) is 0 Å². The lowest BCUT2D eigenvalue weighted by atomic mass is 10.2. The molecule has 84 valence electrons. The summed E-state index contributed by atoms with van der Waals surface area (Å²) in [5.74, 6) is 2.52. The van der Waals surface area contributed by atoms with Crippen molar-refractivity contribution in [1.29, 1.82) is 0 Å². The number of hydrogen-bond acceptors (Lipinski definition) is 3. The SMILES string of the molecule is CC(C)c1nccn1Cc1ccc(C=O)o1. The molecule has 0 radical (unpaired) electrons. The topological polar surface area (TPSA) is 48.0 Å². The third-order valence-electron chi connectivity index (χ3n) is 2.39. The van der Waals surface area contributed by atoms with Crippen molar-refractivity contribution in [3.63, 3.8) is 0 Å². The summed E-state index contributed by atoms with van der Waals surface area (Å²) in [6.45, 7) is 4.80. The first-order valence-corrected chi connectivity index (χ1v) is 5.25. The van der Waals surface area contributed by atoms with E-state index in [-0.39, 0.29) is 0 Å². The molecular weight excluding hydrogens is 204 g/mol. The highest BCUT2D eigenvalue weighted by Gasteiger charge is 2.09. The van der Waals surface area contributed by atoms with Crippen LogP contribution in [-0.4, -0.2) is 15.8 Å². The van der Waals surface area contributed by atoms with Crippen LogP contribution in [0.15, 0.2) is 28.9 Å². The average Bonchev–Trinajstić information content (AvgIpc) is 2.87. The minimum absolute atomic E-state index is 0.362. The Hall–Kier alpha value is -1.84. The Morgan fingerprint density at radius 3 is 2.94 bits per heavy atom. The molecule has 0 unspecified atom stereocenters. The van der Waals surface area contributed by atoms with Gasteiger partial charge in [0.05, 0.1) is 6.54 Å². The van der Waals surface area contributed by atoms with E-state index in [4.69, 9.17) is 4.42 Å². The van der Waals surface area contributed by atoms with Crippen molar-refractivity contribution in [2.75, 3.05) is 0 Å². The summed E-state index contributed by atoms with van der Waals surface area (Å²) in [6.07, 6.45) is 4.40. The van der Waals surface area contributed by atoms with E-state index >= 15 is 0 Å². The third kappa shape index (κ3) is 2.05. The number of aromatic nitrogens is 2. The maximum absolute atomic E-state index is 10.5. The molecule has 0 saturated carbocycles. The molecule has 0 bridgehead atoms. The lowest BCUT2D eigenvalue weighted by Crippen LogP contribution is -2.05. The third-order valence-corrected chi connectivity index (χ3v) is 2.39. The zero-order valence-electron chi connectivity index (χ0n) is 9.38. The highest BCUT2D eigenvalue weighted by molar-refractivity contribution is 5.70. The first kappa shape index (κ1) is 10.7. The van der Waals surface area contributed by atoms with Gasteiger partial charge in [-0.25, -0.2) is 4.98 Å². The molecule has 0 aliphatic heterocycles. The van der Waals surface area contributed by atoms with E-state index in [1.807, 2.05) is 16.8 Å². The van der Waals surface area contributed by atoms with Gasteiger partial charge >= 0.3 is 0 Å². The molecule has 0 amide bonds. The minimum atomic E-state index is 0.362. The van der Waals surface area contributed by atoms with Gasteiger partial charge in [0.15, 0.2) is 12.0 Å². The van der Waals surface area contributed by atoms with Crippen molar-refractivity contribution in [2.24, 2.45) is 0 Å². The van der Waals surface area contributed by atoms with Crippen molar-refractivity contribution in [2.45, 2.75) is 26.3 Å². The molecule has 2 aromatic heterocycles. The summed E-state index contributed by atoms with van der Waals surface area (Å²) in [5, 5.41) is 0. The fraction of sp³-hybridized carbons (Fsp3) is 0.333. The van der Waals surface area contributed by atoms with Crippen LogP contribution in [0, 0.1) is 0 Å². The number of rotatable bonds is 4. The summed E-state index contributed by atoms with van der Waals surface area (Å²) in [4.78, 5) is 14.8. The fourth-order valence-corrected chi connectivity index (χ4v) is 1.67. The van der Waals surface area contributed by atoms with E-state index in [1.54, 1.807) is 12.3 Å². The summed E-state index contributed by atoms with van der Waals surface area (Å²) in [7, 11) is 0. The summed E-state index contributed by atoms with van der Waals surface area (Å²) in [5.41, 5.74) is 0. The molecule has 2 aromatic rings. The normalized spacial score (nSPS) is 10.9. The highest BCUT2D eigenvalue weighted by Crippen LogP contribution is 2.14. The van der Waals surface area contributed by atoms with Gasteiger partial charge in [0.1, 0.15) is 11.6 Å². The number of carbonyl (C=O) groups is 1. The lowest BCUT2D eigenvalue weighted by Gasteiger charge is -2.08. The second-order valence-corrected chi connectivity index (χ2v) is 3.99. The predicted octanol–water partition coefficient (Wildman–Crippen LogP) is 2.46. The Morgan fingerprint density at radius 1 is 1.50 bits per heavy atom. The molecule has 0 aliphatic rings. The van der Waals surface area contributed by atoms with Crippen LogP contribution in [-0.2, 0) is 6.54 Å². The van der Waals surface area contributed by atoms with Gasteiger partial charge in [0.2, 0.25) is 0 Å². The molecule has 0 fully saturated rings. The van der Waals surface area contributed by atoms with Crippen LogP contribution in [0.25, 0.3) is 0 Å². The Morgan fingerprint density at radius 2 is 2.31 bits per heavy atom. The van der Waals surface area contributed by atoms with Crippen molar-refractivity contribution in [3.8, 4) is 0 Å². The standard InChI is InChI=1S/C12H14N2O2/c1-9(2)12-13-5-6-14(12)7-10-3-4-11(8-15)16-10/h3-6,8-9H,7H2,1-2H3. The molecule has 16 heavy (non-hydrogen) atoms. The molecule has 0 spiro atoms. The van der Waals surface area contributed by atoms with E-state index < -0.39 is 0 Å². The van der Waals surface area contributed by atoms with Crippen LogP contribution >= 0.6 is 0 Å². The van der Waals surface area contributed by atoms with E-state index in [9.17, 15) is 4.79 Å². The number of imidazole rings is 1. The molecule has 0 aromatic carbocycles. The number of nitrogens with zero attached hydrogens (tertiary/aromatic N) is 2. The van der Waals surface area contributed by atoms with Gasteiger partial charge in [-0.05, 0) is 12.1 Å². The van der Waals surface area contributed by atoms with Crippen LogP contribution in [0.1, 0.15) is 41.9 Å². The van der Waals surface area contributed by atoms with Gasteiger partial charge in [-0.15, -0.1) is 0 Å². The Labute approximate surface area is 93.9 Å². The van der Waals surface area contributed by atoms with Crippen molar-refractivity contribution >= 4 is 6.29 Å². The molecule has 2 heterocycles. The first-order chi connectivity index (χ1) is 7.70. The molecule has 0 atom stereocenters. The smallest absolute Gasteiger partial charge is 0.185 e. The van der Waals surface area contributed by atoms with Crippen molar-refractivity contribution in [1.82, 2.24) is 9.55 Å². The largest absolute Gasteiger partial charge is 0.456 e. The second kappa shape index (κ2) is 4.35. The number of carbonyl (C=O) groups excluding carboxylic acids is 1. The number of furan rings is 1. The van der Waals surface area contributed by atoms with E-state index in [1.165, 1.54) is 0 Å². The van der Waals surface area contributed by atoms with Gasteiger partial charge in [0.25, 0.3) is 0 Å². The van der Waals surface area contributed by atoms with E-state index in [0.717, 1.165) is 11.6 Å². The molecule has 4 nitrogen and oxygen atoms in total. The molecular formula is C12H14N2O2. The quantitative estimate of drug-likeness (QED) is 0.740. The number of aldehydes is 1. The summed E-state index contributed by atoms with van der Waals surface area (Å²) in [6, 6.07) is 3.49. The van der Waals surface area contributed by atoms with Gasteiger partial charge in [-0.3, -0.25) is 4.79 Å². The maximum Gasteiger partial charge on any atom is 0.185 e. The highest BCUT2D eigenvalue weighted by atomic mass is 16.3.